The zero-order valence-electron chi connectivity index (χ0n) is 20.5. The normalized spacial score (nSPS) is 32.3. The van der Waals surface area contributed by atoms with Crippen LogP contribution in [0, 0.1) is 23.2 Å². The van der Waals surface area contributed by atoms with Gasteiger partial charge in [-0.3, -0.25) is 9.18 Å². The SMILES string of the molecule is CC(C)(/C=C/n1ncc(C(=O)NC2C3CC4CC2CC(OC(N)=O)(C4)C3)c1N1CCOCC1)CF. The first-order valence-electron chi connectivity index (χ1n) is 12.6. The van der Waals surface area contributed by atoms with Crippen LogP contribution >= 0.6 is 0 Å². The molecule has 2 atom stereocenters. The van der Waals surface area contributed by atoms with Crippen LogP contribution in [-0.2, 0) is 9.47 Å². The molecule has 1 aliphatic heterocycles. The highest BCUT2D eigenvalue weighted by Gasteiger charge is 2.57. The number of primary amides is 1. The zero-order valence-corrected chi connectivity index (χ0v) is 20.5. The molecule has 4 saturated carbocycles. The number of carbonyl (C=O) groups is 2. The number of rotatable bonds is 7. The van der Waals surface area contributed by atoms with Crippen LogP contribution in [0.2, 0.25) is 0 Å². The lowest BCUT2D eigenvalue weighted by Crippen LogP contribution is -2.63. The molecule has 5 aliphatic rings. The van der Waals surface area contributed by atoms with Gasteiger partial charge in [-0.05, 0) is 49.9 Å². The van der Waals surface area contributed by atoms with Crippen molar-refractivity contribution >= 4 is 24.0 Å². The van der Waals surface area contributed by atoms with Crippen LogP contribution in [0.3, 0.4) is 0 Å². The molecule has 1 saturated heterocycles. The highest BCUT2D eigenvalue weighted by Crippen LogP contribution is 2.57. The van der Waals surface area contributed by atoms with E-state index >= 15 is 0 Å². The number of nitrogens with one attached hydrogen (secondary N) is 1. The molecule has 2 heterocycles. The van der Waals surface area contributed by atoms with E-state index in [9.17, 15) is 14.0 Å². The Bertz CT molecular complexity index is 986. The predicted molar refractivity (Wildman–Crippen MR) is 129 cm³/mol. The first-order valence-corrected chi connectivity index (χ1v) is 12.6. The van der Waals surface area contributed by atoms with E-state index in [1.54, 1.807) is 23.2 Å². The summed E-state index contributed by atoms with van der Waals surface area (Å²) in [5.74, 6) is 1.58. The van der Waals surface area contributed by atoms with Crippen molar-refractivity contribution in [1.29, 1.82) is 0 Å². The molecular weight excluding hydrogens is 453 g/mol. The van der Waals surface area contributed by atoms with E-state index in [1.165, 1.54) is 0 Å². The Balaban J connectivity index is 1.37. The molecule has 9 nitrogen and oxygen atoms in total. The Morgan fingerprint density at radius 3 is 2.60 bits per heavy atom. The molecule has 0 aromatic carbocycles. The van der Waals surface area contributed by atoms with Crippen LogP contribution in [0.4, 0.5) is 15.0 Å². The lowest BCUT2D eigenvalue weighted by Gasteiger charge is -2.58. The zero-order chi connectivity index (χ0) is 24.8. The van der Waals surface area contributed by atoms with Gasteiger partial charge in [-0.1, -0.05) is 19.9 Å². The van der Waals surface area contributed by atoms with Gasteiger partial charge in [0.2, 0.25) is 0 Å². The Kier molecular flexibility index (Phi) is 6.27. The van der Waals surface area contributed by atoms with Crippen molar-refractivity contribution in [3.05, 3.63) is 17.8 Å². The van der Waals surface area contributed by atoms with E-state index in [2.05, 4.69) is 15.3 Å². The number of carbonyl (C=O) groups excluding carboxylic acids is 2. The van der Waals surface area contributed by atoms with Crippen LogP contribution < -0.4 is 16.0 Å². The first-order chi connectivity index (χ1) is 16.7. The second-order valence-electron chi connectivity index (χ2n) is 11.4. The molecule has 6 rings (SSSR count). The summed E-state index contributed by atoms with van der Waals surface area (Å²) in [6.07, 6.45) is 8.83. The van der Waals surface area contributed by atoms with Crippen molar-refractivity contribution < 1.29 is 23.5 Å². The molecule has 10 heteroatoms. The van der Waals surface area contributed by atoms with Gasteiger partial charge in [0.1, 0.15) is 17.0 Å². The van der Waals surface area contributed by atoms with Crippen LogP contribution in [0.25, 0.3) is 6.20 Å². The van der Waals surface area contributed by atoms with Gasteiger partial charge in [-0.15, -0.1) is 0 Å². The number of hydrogen-bond donors (Lipinski definition) is 2. The average molecular weight is 490 g/mol. The minimum Gasteiger partial charge on any atom is -0.443 e. The highest BCUT2D eigenvalue weighted by molar-refractivity contribution is 5.99. The summed E-state index contributed by atoms with van der Waals surface area (Å²) in [6.45, 7) is 5.58. The second-order valence-corrected chi connectivity index (χ2v) is 11.4. The average Bonchev–Trinajstić information content (AvgIpc) is 3.23. The van der Waals surface area contributed by atoms with Gasteiger partial charge in [0, 0.05) is 30.7 Å². The fourth-order valence-corrected chi connectivity index (χ4v) is 6.79. The summed E-state index contributed by atoms with van der Waals surface area (Å²) < 4.78 is 26.1. The third-order valence-electron chi connectivity index (χ3n) is 8.17. The van der Waals surface area contributed by atoms with E-state index in [0.717, 1.165) is 32.1 Å². The number of nitrogens with two attached hydrogens (primary N) is 1. The van der Waals surface area contributed by atoms with Crippen molar-refractivity contribution in [3.8, 4) is 0 Å². The van der Waals surface area contributed by atoms with E-state index in [-0.39, 0.29) is 23.8 Å². The first kappa shape index (κ1) is 24.1. The minimum atomic E-state index is -0.709. The number of hydrogen-bond acceptors (Lipinski definition) is 6. The Morgan fingerprint density at radius 2 is 1.97 bits per heavy atom. The molecule has 0 spiro atoms. The van der Waals surface area contributed by atoms with Crippen molar-refractivity contribution in [1.82, 2.24) is 15.1 Å². The molecule has 2 amide bonds. The van der Waals surface area contributed by atoms with E-state index < -0.39 is 23.8 Å². The molecule has 4 bridgehead atoms. The predicted octanol–water partition coefficient (Wildman–Crippen LogP) is 2.96. The fraction of sp³-hybridized carbons (Fsp3) is 0.720. The van der Waals surface area contributed by atoms with Crippen molar-refractivity contribution in [3.63, 3.8) is 0 Å². The smallest absolute Gasteiger partial charge is 0.405 e. The third-order valence-corrected chi connectivity index (χ3v) is 8.17. The summed E-state index contributed by atoms with van der Waals surface area (Å²) >= 11 is 0. The number of halogens is 1. The number of anilines is 1. The molecule has 1 aromatic rings. The maximum Gasteiger partial charge on any atom is 0.405 e. The number of morpholine rings is 1. The lowest BCUT2D eigenvalue weighted by molar-refractivity contribution is -0.137. The van der Waals surface area contributed by atoms with Gasteiger partial charge in [0.05, 0.1) is 26.1 Å². The molecule has 0 radical (unpaired) electrons. The molecule has 5 fully saturated rings. The molecule has 1 aromatic heterocycles. The van der Waals surface area contributed by atoms with Gasteiger partial charge in [-0.2, -0.15) is 5.10 Å². The number of aromatic nitrogens is 2. The molecule has 2 unspecified atom stereocenters. The van der Waals surface area contributed by atoms with Crippen molar-refractivity contribution in [2.75, 3.05) is 37.9 Å². The van der Waals surface area contributed by atoms with Crippen molar-refractivity contribution in [2.24, 2.45) is 28.9 Å². The quantitative estimate of drug-likeness (QED) is 0.609. The Hall–Kier alpha value is -2.62. The fourth-order valence-electron chi connectivity index (χ4n) is 6.79. The maximum absolute atomic E-state index is 13.6. The number of ether oxygens (including phenoxy) is 2. The third kappa shape index (κ3) is 4.77. The number of alkyl halides is 1. The summed E-state index contributed by atoms with van der Waals surface area (Å²) in [5, 5.41) is 7.79. The topological polar surface area (TPSA) is 112 Å². The summed E-state index contributed by atoms with van der Waals surface area (Å²) in [7, 11) is 0. The lowest BCUT2D eigenvalue weighted by atomic mass is 9.52. The maximum atomic E-state index is 13.6. The van der Waals surface area contributed by atoms with Gasteiger partial charge in [0.15, 0.2) is 0 Å². The van der Waals surface area contributed by atoms with Crippen LogP contribution in [0.15, 0.2) is 12.3 Å². The minimum absolute atomic E-state index is 0.0329. The summed E-state index contributed by atoms with van der Waals surface area (Å²) in [4.78, 5) is 27.3. The second kappa shape index (κ2) is 9.11. The van der Waals surface area contributed by atoms with Crippen LogP contribution in [0.1, 0.15) is 56.3 Å². The molecule has 35 heavy (non-hydrogen) atoms. The van der Waals surface area contributed by atoms with Crippen LogP contribution in [-0.4, -0.2) is 66.4 Å². The number of amides is 2. The van der Waals surface area contributed by atoms with E-state index in [0.29, 0.717) is 43.6 Å². The monoisotopic (exact) mass is 489 g/mol. The van der Waals surface area contributed by atoms with Gasteiger partial charge < -0.3 is 25.4 Å². The van der Waals surface area contributed by atoms with Gasteiger partial charge in [0.25, 0.3) is 5.91 Å². The van der Waals surface area contributed by atoms with Gasteiger partial charge >= 0.3 is 6.09 Å². The van der Waals surface area contributed by atoms with Crippen LogP contribution in [0.5, 0.6) is 0 Å². The summed E-state index contributed by atoms with van der Waals surface area (Å²) in [5.41, 5.74) is 4.79. The molecule has 3 N–H and O–H groups in total. The largest absolute Gasteiger partial charge is 0.443 e. The Labute approximate surface area is 205 Å². The highest BCUT2D eigenvalue weighted by atomic mass is 19.1. The van der Waals surface area contributed by atoms with Gasteiger partial charge in [-0.25, -0.2) is 9.48 Å². The number of allylic oxidation sites excluding steroid dienone is 1. The standard InChI is InChI=1S/C25H36FN5O4/c1-24(2,15-26)3-4-31-22(30-5-7-34-8-6-30)19(14-28-31)21(32)29-20-17-9-16-10-18(20)13-25(11-16,12-17)35-23(27)33/h3-4,14,16-18,20H,5-13,15H2,1-2H3,(H2,27,33)(H,29,32)/b4-3+. The molecule has 4 aliphatic carbocycles. The number of nitrogens with zero attached hydrogens (tertiary/aromatic N) is 3. The van der Waals surface area contributed by atoms with E-state index in [4.69, 9.17) is 15.2 Å². The molecular formula is C25H36FN5O4. The van der Waals surface area contributed by atoms with E-state index in [1.807, 2.05) is 13.8 Å². The Morgan fingerprint density at radius 1 is 1.29 bits per heavy atom. The van der Waals surface area contributed by atoms with Crippen molar-refractivity contribution in [2.45, 2.75) is 57.6 Å². The summed E-state index contributed by atoms with van der Waals surface area (Å²) in [6, 6.07) is 0.0329. The molecule has 192 valence electrons.